The number of aromatic nitrogens is 1. The van der Waals surface area contributed by atoms with E-state index in [1.54, 1.807) is 11.3 Å². The number of carboxylic acids is 1. The monoisotopic (exact) mass is 306 g/mol. The van der Waals surface area contributed by atoms with Crippen molar-refractivity contribution in [3.63, 3.8) is 0 Å². The molecule has 0 fully saturated rings. The Morgan fingerprint density at radius 2 is 2.25 bits per heavy atom. The lowest BCUT2D eigenvalue weighted by atomic mass is 10.0. The molecule has 2 heterocycles. The second kappa shape index (κ2) is 5.18. The first kappa shape index (κ1) is 13.6. The largest absolute Gasteiger partial charge is 0.480 e. The molecule has 0 amide bonds. The lowest BCUT2D eigenvalue weighted by Crippen LogP contribution is -2.16. The van der Waals surface area contributed by atoms with E-state index >= 15 is 0 Å². The van der Waals surface area contributed by atoms with Crippen LogP contribution in [0.2, 0.25) is 0 Å². The van der Waals surface area contributed by atoms with Crippen LogP contribution in [0.3, 0.4) is 0 Å². The Labute approximate surface area is 124 Å². The van der Waals surface area contributed by atoms with Crippen LogP contribution in [0.15, 0.2) is 23.2 Å². The standard InChI is InChI=1S/C14H14N2O2S2/c1-7(2)8-3-4-9-10(5-8)19-13(16-9)12-15-6-11(20-12)14(17)18/h3-5,7,11H,6H2,1-2H3,(H,17,18)/t11-/m0/s1. The van der Waals surface area contributed by atoms with Crippen LogP contribution in [0.1, 0.15) is 30.3 Å². The van der Waals surface area contributed by atoms with Gasteiger partial charge in [-0.2, -0.15) is 0 Å². The van der Waals surface area contributed by atoms with Crippen molar-refractivity contribution in [2.24, 2.45) is 4.99 Å². The van der Waals surface area contributed by atoms with Crippen molar-refractivity contribution >= 4 is 44.3 Å². The van der Waals surface area contributed by atoms with E-state index in [4.69, 9.17) is 5.11 Å². The number of carbonyl (C=O) groups is 1. The molecule has 1 aromatic heterocycles. The Morgan fingerprint density at radius 1 is 1.45 bits per heavy atom. The van der Waals surface area contributed by atoms with Gasteiger partial charge in [-0.3, -0.25) is 9.79 Å². The summed E-state index contributed by atoms with van der Waals surface area (Å²) in [7, 11) is 0. The molecule has 3 rings (SSSR count). The first-order valence-corrected chi connectivity index (χ1v) is 8.09. The molecule has 6 heteroatoms. The maximum Gasteiger partial charge on any atom is 0.318 e. The molecule has 0 bridgehead atoms. The summed E-state index contributed by atoms with van der Waals surface area (Å²) in [6.07, 6.45) is 0. The van der Waals surface area contributed by atoms with E-state index in [1.165, 1.54) is 17.3 Å². The smallest absolute Gasteiger partial charge is 0.318 e. The molecular weight excluding hydrogens is 292 g/mol. The maximum atomic E-state index is 11.0. The van der Waals surface area contributed by atoms with Crippen molar-refractivity contribution in [3.05, 3.63) is 28.8 Å². The molecule has 1 N–H and O–H groups in total. The first-order chi connectivity index (χ1) is 9.54. The summed E-state index contributed by atoms with van der Waals surface area (Å²) in [6.45, 7) is 4.66. The van der Waals surface area contributed by atoms with Crippen LogP contribution in [0.5, 0.6) is 0 Å². The lowest BCUT2D eigenvalue weighted by Gasteiger charge is -2.03. The minimum absolute atomic E-state index is 0.336. The van der Waals surface area contributed by atoms with Crippen LogP contribution in [0.25, 0.3) is 10.2 Å². The highest BCUT2D eigenvalue weighted by Crippen LogP contribution is 2.32. The highest BCUT2D eigenvalue weighted by atomic mass is 32.2. The molecule has 4 nitrogen and oxygen atoms in total. The van der Waals surface area contributed by atoms with Gasteiger partial charge in [0.1, 0.15) is 15.3 Å². The van der Waals surface area contributed by atoms with E-state index in [0.29, 0.717) is 12.5 Å². The third kappa shape index (κ3) is 2.45. The average molecular weight is 306 g/mol. The normalized spacial score (nSPS) is 18.8. The zero-order valence-electron chi connectivity index (χ0n) is 11.2. The van der Waals surface area contributed by atoms with Gasteiger partial charge in [-0.15, -0.1) is 11.3 Å². The number of thioether (sulfide) groups is 1. The summed E-state index contributed by atoms with van der Waals surface area (Å²) in [5, 5.41) is 10.1. The van der Waals surface area contributed by atoms with Gasteiger partial charge in [-0.05, 0) is 23.6 Å². The molecule has 0 saturated carbocycles. The fourth-order valence-corrected chi connectivity index (χ4v) is 4.02. The van der Waals surface area contributed by atoms with E-state index in [-0.39, 0.29) is 0 Å². The molecule has 0 saturated heterocycles. The molecule has 20 heavy (non-hydrogen) atoms. The summed E-state index contributed by atoms with van der Waals surface area (Å²) in [5.41, 5.74) is 2.24. The van der Waals surface area contributed by atoms with Crippen molar-refractivity contribution in [1.82, 2.24) is 4.98 Å². The Hall–Kier alpha value is -1.40. The maximum absolute atomic E-state index is 11.0. The van der Waals surface area contributed by atoms with Gasteiger partial charge in [-0.1, -0.05) is 31.7 Å². The predicted octanol–water partition coefficient (Wildman–Crippen LogP) is 3.37. The average Bonchev–Trinajstić information content (AvgIpc) is 3.04. The molecule has 1 aliphatic rings. The highest BCUT2D eigenvalue weighted by Gasteiger charge is 2.28. The molecule has 104 valence electrons. The fourth-order valence-electron chi connectivity index (χ4n) is 2.01. The van der Waals surface area contributed by atoms with E-state index in [2.05, 4.69) is 36.0 Å². The molecule has 1 aliphatic heterocycles. The topological polar surface area (TPSA) is 62.5 Å². The summed E-state index contributed by atoms with van der Waals surface area (Å²) in [4.78, 5) is 19.8. The molecule has 0 radical (unpaired) electrons. The van der Waals surface area contributed by atoms with Gasteiger partial charge in [0.2, 0.25) is 0 Å². The van der Waals surface area contributed by atoms with Crippen LogP contribution >= 0.6 is 23.1 Å². The molecule has 1 aromatic carbocycles. The summed E-state index contributed by atoms with van der Waals surface area (Å²) in [5.74, 6) is -0.323. The number of benzene rings is 1. The number of hydrogen-bond donors (Lipinski definition) is 1. The van der Waals surface area contributed by atoms with E-state index < -0.39 is 11.2 Å². The van der Waals surface area contributed by atoms with E-state index in [1.807, 2.05) is 6.07 Å². The third-order valence-corrected chi connectivity index (χ3v) is 5.53. The van der Waals surface area contributed by atoms with Gasteiger partial charge in [0.05, 0.1) is 16.8 Å². The number of aliphatic imine (C=N–C) groups is 1. The van der Waals surface area contributed by atoms with Gasteiger partial charge < -0.3 is 5.11 Å². The highest BCUT2D eigenvalue weighted by molar-refractivity contribution is 8.16. The van der Waals surface area contributed by atoms with Gasteiger partial charge in [0.25, 0.3) is 0 Å². The second-order valence-corrected chi connectivity index (χ2v) is 7.21. The Balaban J connectivity index is 1.92. The molecule has 2 aromatic rings. The van der Waals surface area contributed by atoms with Crippen LogP contribution in [-0.2, 0) is 4.79 Å². The molecule has 1 atom stereocenters. The van der Waals surface area contributed by atoms with E-state index in [0.717, 1.165) is 20.3 Å². The SMILES string of the molecule is CC(C)c1ccc2nc(C3=NC[C@@H](C(=O)O)S3)sc2c1. The molecular formula is C14H14N2O2S2. The number of carboxylic acid groups (broad SMARTS) is 1. The zero-order chi connectivity index (χ0) is 14.3. The minimum Gasteiger partial charge on any atom is -0.480 e. The van der Waals surface area contributed by atoms with E-state index in [9.17, 15) is 4.79 Å². The molecule has 0 spiro atoms. The summed E-state index contributed by atoms with van der Waals surface area (Å²) in [6, 6.07) is 6.29. The van der Waals surface area contributed by atoms with Gasteiger partial charge in [0.15, 0.2) is 0 Å². The van der Waals surface area contributed by atoms with Crippen molar-refractivity contribution in [3.8, 4) is 0 Å². The van der Waals surface area contributed by atoms with Crippen molar-refractivity contribution in [2.75, 3.05) is 6.54 Å². The van der Waals surface area contributed by atoms with Crippen LogP contribution in [-0.4, -0.2) is 32.9 Å². The van der Waals surface area contributed by atoms with Crippen molar-refractivity contribution < 1.29 is 9.90 Å². The Bertz CT molecular complexity index is 706. The number of hydrogen-bond acceptors (Lipinski definition) is 5. The van der Waals surface area contributed by atoms with Crippen LogP contribution in [0, 0.1) is 0 Å². The van der Waals surface area contributed by atoms with Gasteiger partial charge >= 0.3 is 5.97 Å². The number of fused-ring (bicyclic) bond motifs is 1. The number of nitrogens with zero attached hydrogens (tertiary/aromatic N) is 2. The summed E-state index contributed by atoms with van der Waals surface area (Å²) < 4.78 is 1.13. The lowest BCUT2D eigenvalue weighted by molar-refractivity contribution is -0.136. The first-order valence-electron chi connectivity index (χ1n) is 6.39. The molecule has 0 aliphatic carbocycles. The van der Waals surface area contributed by atoms with Gasteiger partial charge in [-0.25, -0.2) is 4.98 Å². The van der Waals surface area contributed by atoms with Crippen LogP contribution in [0.4, 0.5) is 0 Å². The Kier molecular flexibility index (Phi) is 3.52. The second-order valence-electron chi connectivity index (χ2n) is 4.99. The number of aliphatic carboxylic acids is 1. The molecule has 0 unspecified atom stereocenters. The summed E-state index contributed by atoms with van der Waals surface area (Å²) >= 11 is 2.88. The van der Waals surface area contributed by atoms with Crippen LogP contribution < -0.4 is 0 Å². The zero-order valence-corrected chi connectivity index (χ0v) is 12.8. The third-order valence-electron chi connectivity index (χ3n) is 3.19. The predicted molar refractivity (Wildman–Crippen MR) is 84.1 cm³/mol. The quantitative estimate of drug-likeness (QED) is 0.944. The fraction of sp³-hybridized carbons (Fsp3) is 0.357. The number of rotatable bonds is 3. The number of thiazole rings is 1. The Morgan fingerprint density at radius 3 is 2.90 bits per heavy atom. The van der Waals surface area contributed by atoms with Crippen molar-refractivity contribution in [2.45, 2.75) is 25.0 Å². The van der Waals surface area contributed by atoms with Gasteiger partial charge in [0, 0.05) is 0 Å². The van der Waals surface area contributed by atoms with Crippen molar-refractivity contribution in [1.29, 1.82) is 0 Å². The minimum atomic E-state index is -0.808.